The van der Waals surface area contributed by atoms with Gasteiger partial charge in [-0.25, -0.2) is 8.42 Å². The third-order valence-electron chi connectivity index (χ3n) is 5.35. The average molecular weight is 308 g/mol. The highest BCUT2D eigenvalue weighted by Crippen LogP contribution is 2.65. The second kappa shape index (κ2) is 4.99. The zero-order valence-electron chi connectivity index (χ0n) is 13.0. The molecule has 0 spiro atoms. The van der Waals surface area contributed by atoms with E-state index in [0.29, 0.717) is 5.69 Å². The number of nitrogens with one attached hydrogen (secondary N) is 1. The largest absolute Gasteiger partial charge is 0.303 e. The van der Waals surface area contributed by atoms with E-state index in [1.807, 2.05) is 18.2 Å². The second-order valence-electron chi connectivity index (χ2n) is 6.41. The fourth-order valence-electron chi connectivity index (χ4n) is 4.32. The van der Waals surface area contributed by atoms with Gasteiger partial charge in [0.25, 0.3) is 0 Å². The number of fused-ring (bicyclic) bond motifs is 1. The lowest BCUT2D eigenvalue weighted by atomic mass is 9.87. The van der Waals surface area contributed by atoms with E-state index in [9.17, 15) is 8.42 Å². The summed E-state index contributed by atoms with van der Waals surface area (Å²) in [5, 5.41) is 0. The molecule has 1 aliphatic heterocycles. The molecule has 116 valence electrons. The minimum atomic E-state index is -3.22. The van der Waals surface area contributed by atoms with E-state index in [2.05, 4.69) is 29.5 Å². The van der Waals surface area contributed by atoms with Crippen molar-refractivity contribution in [3.63, 3.8) is 0 Å². The molecule has 2 atom stereocenters. The zero-order chi connectivity index (χ0) is 15.3. The molecule has 1 heterocycles. The molecular formula is C16H24N2O2S. The van der Waals surface area contributed by atoms with Crippen molar-refractivity contribution >= 4 is 15.7 Å². The van der Waals surface area contributed by atoms with Crippen LogP contribution in [0.2, 0.25) is 0 Å². The molecule has 4 nitrogen and oxygen atoms in total. The lowest BCUT2D eigenvalue weighted by molar-refractivity contribution is 0.282. The molecule has 2 aliphatic rings. The minimum absolute atomic E-state index is 0.265. The molecule has 3 rings (SSSR count). The van der Waals surface area contributed by atoms with Gasteiger partial charge >= 0.3 is 0 Å². The Morgan fingerprint density at radius 1 is 1.29 bits per heavy atom. The molecule has 5 heteroatoms. The van der Waals surface area contributed by atoms with Gasteiger partial charge in [0.15, 0.2) is 0 Å². The first-order valence-electron chi connectivity index (χ1n) is 7.71. The van der Waals surface area contributed by atoms with Crippen LogP contribution in [0.3, 0.4) is 0 Å². The summed E-state index contributed by atoms with van der Waals surface area (Å²) in [5.74, 6) is 1.46. The van der Waals surface area contributed by atoms with Crippen molar-refractivity contribution in [2.75, 3.05) is 30.6 Å². The first-order chi connectivity index (χ1) is 9.90. The summed E-state index contributed by atoms with van der Waals surface area (Å²) < 4.78 is 25.4. The molecular weight excluding hydrogens is 284 g/mol. The number of anilines is 1. The molecule has 1 N–H and O–H groups in total. The maximum absolute atomic E-state index is 11.4. The summed E-state index contributed by atoms with van der Waals surface area (Å²) in [7, 11) is -3.22. The molecule has 1 aromatic carbocycles. The third kappa shape index (κ3) is 2.46. The van der Waals surface area contributed by atoms with Crippen LogP contribution in [0.5, 0.6) is 0 Å². The normalized spacial score (nSPS) is 32.0. The van der Waals surface area contributed by atoms with Crippen molar-refractivity contribution in [2.45, 2.75) is 25.7 Å². The number of benzene rings is 1. The van der Waals surface area contributed by atoms with Crippen LogP contribution in [0, 0.1) is 11.8 Å². The molecule has 2 unspecified atom stereocenters. The number of piperidine rings is 1. The van der Waals surface area contributed by atoms with E-state index in [1.165, 1.54) is 24.9 Å². The second-order valence-corrected chi connectivity index (χ2v) is 8.16. The monoisotopic (exact) mass is 308 g/mol. The number of hydrogen-bond donors (Lipinski definition) is 1. The van der Waals surface area contributed by atoms with Crippen molar-refractivity contribution < 1.29 is 8.42 Å². The van der Waals surface area contributed by atoms with Gasteiger partial charge in [0.05, 0.1) is 6.26 Å². The van der Waals surface area contributed by atoms with Gasteiger partial charge in [-0.2, -0.15) is 0 Å². The Labute approximate surface area is 127 Å². The van der Waals surface area contributed by atoms with Crippen LogP contribution in [0.25, 0.3) is 0 Å². The van der Waals surface area contributed by atoms with Gasteiger partial charge in [-0.1, -0.05) is 26.0 Å². The van der Waals surface area contributed by atoms with E-state index >= 15 is 0 Å². The molecule has 1 saturated carbocycles. The van der Waals surface area contributed by atoms with Crippen LogP contribution in [0.1, 0.15) is 25.8 Å². The standard InChI is InChI=1S/C16H24N2O2S/c1-4-16(14-10-18(5-2)11-15(14)16)12-7-6-8-13(9-12)17-21(3,19)20/h6-9,14-15,17H,4-5,10-11H2,1-3H3. The highest BCUT2D eigenvalue weighted by atomic mass is 32.2. The maximum Gasteiger partial charge on any atom is 0.229 e. The van der Waals surface area contributed by atoms with E-state index < -0.39 is 10.0 Å². The Morgan fingerprint density at radius 3 is 2.48 bits per heavy atom. The fraction of sp³-hybridized carbons (Fsp3) is 0.625. The predicted molar refractivity (Wildman–Crippen MR) is 86.0 cm³/mol. The molecule has 1 aromatic rings. The van der Waals surface area contributed by atoms with E-state index in [1.54, 1.807) is 0 Å². The molecule has 0 aromatic heterocycles. The van der Waals surface area contributed by atoms with Crippen LogP contribution in [0.15, 0.2) is 24.3 Å². The Hall–Kier alpha value is -1.07. The average Bonchev–Trinajstić information content (AvgIpc) is 2.81. The fourth-order valence-corrected chi connectivity index (χ4v) is 4.87. The Bertz CT molecular complexity index is 629. The minimum Gasteiger partial charge on any atom is -0.303 e. The highest BCUT2D eigenvalue weighted by Gasteiger charge is 2.67. The van der Waals surface area contributed by atoms with Crippen LogP contribution < -0.4 is 4.72 Å². The number of nitrogens with zero attached hydrogens (tertiary/aromatic N) is 1. The van der Waals surface area contributed by atoms with Gasteiger partial charge in [-0.3, -0.25) is 4.72 Å². The van der Waals surface area contributed by atoms with Gasteiger partial charge in [0.2, 0.25) is 10.0 Å². The first kappa shape index (κ1) is 14.9. The van der Waals surface area contributed by atoms with Gasteiger partial charge in [0.1, 0.15) is 0 Å². The maximum atomic E-state index is 11.4. The lowest BCUT2D eigenvalue weighted by Gasteiger charge is -2.26. The van der Waals surface area contributed by atoms with Crippen molar-refractivity contribution in [1.82, 2.24) is 4.90 Å². The summed E-state index contributed by atoms with van der Waals surface area (Å²) in [6, 6.07) is 7.97. The Balaban J connectivity index is 1.86. The topological polar surface area (TPSA) is 49.4 Å². The molecule has 0 radical (unpaired) electrons. The van der Waals surface area contributed by atoms with E-state index in [4.69, 9.17) is 0 Å². The van der Waals surface area contributed by atoms with E-state index in [0.717, 1.165) is 24.8 Å². The molecule has 21 heavy (non-hydrogen) atoms. The van der Waals surface area contributed by atoms with E-state index in [-0.39, 0.29) is 5.41 Å². The zero-order valence-corrected chi connectivity index (χ0v) is 13.8. The van der Waals surface area contributed by atoms with Crippen molar-refractivity contribution in [2.24, 2.45) is 11.8 Å². The van der Waals surface area contributed by atoms with Crippen LogP contribution in [0.4, 0.5) is 5.69 Å². The number of sulfonamides is 1. The van der Waals surface area contributed by atoms with Gasteiger partial charge in [0, 0.05) is 24.2 Å². The smallest absolute Gasteiger partial charge is 0.229 e. The van der Waals surface area contributed by atoms with Crippen LogP contribution in [-0.2, 0) is 15.4 Å². The summed E-state index contributed by atoms with van der Waals surface area (Å²) in [6.07, 6.45) is 2.32. The number of rotatable bonds is 5. The lowest BCUT2D eigenvalue weighted by Crippen LogP contribution is -2.30. The summed E-state index contributed by atoms with van der Waals surface area (Å²) >= 11 is 0. The van der Waals surface area contributed by atoms with Gasteiger partial charge in [-0.05, 0) is 42.5 Å². The van der Waals surface area contributed by atoms with Crippen molar-refractivity contribution in [1.29, 1.82) is 0 Å². The van der Waals surface area contributed by atoms with Crippen LogP contribution in [-0.4, -0.2) is 39.2 Å². The van der Waals surface area contributed by atoms with Crippen molar-refractivity contribution in [3.8, 4) is 0 Å². The molecule has 1 aliphatic carbocycles. The summed E-state index contributed by atoms with van der Waals surface area (Å²) in [5.41, 5.74) is 2.24. The Morgan fingerprint density at radius 2 is 1.95 bits per heavy atom. The first-order valence-corrected chi connectivity index (χ1v) is 9.60. The third-order valence-corrected chi connectivity index (χ3v) is 5.95. The SMILES string of the molecule is CCN1CC2C(C1)C2(CC)c1cccc(NS(C)(=O)=O)c1. The highest BCUT2D eigenvalue weighted by molar-refractivity contribution is 7.92. The molecule has 0 amide bonds. The summed E-state index contributed by atoms with van der Waals surface area (Å²) in [4.78, 5) is 2.52. The van der Waals surface area contributed by atoms with Gasteiger partial charge in [-0.15, -0.1) is 0 Å². The molecule has 1 saturated heterocycles. The number of likely N-dealkylation sites (tertiary alicyclic amines) is 1. The molecule has 0 bridgehead atoms. The summed E-state index contributed by atoms with van der Waals surface area (Å²) in [6.45, 7) is 7.96. The predicted octanol–water partition coefficient (Wildman–Crippen LogP) is 2.29. The number of hydrogen-bond acceptors (Lipinski definition) is 3. The Kier molecular flexibility index (Phi) is 3.53. The van der Waals surface area contributed by atoms with Crippen LogP contribution >= 0.6 is 0 Å². The molecule has 2 fully saturated rings. The van der Waals surface area contributed by atoms with Gasteiger partial charge < -0.3 is 4.90 Å². The van der Waals surface area contributed by atoms with Crippen molar-refractivity contribution in [3.05, 3.63) is 29.8 Å². The quantitative estimate of drug-likeness (QED) is 0.908.